The predicted octanol–water partition coefficient (Wildman–Crippen LogP) is 6.36. The van der Waals surface area contributed by atoms with Crippen molar-refractivity contribution in [2.45, 2.75) is 0 Å². The molecule has 0 N–H and O–H groups in total. The first-order valence-corrected chi connectivity index (χ1v) is 27.9. The molecule has 0 saturated carbocycles. The van der Waals surface area contributed by atoms with Crippen LogP contribution in [0.5, 0.6) is 23.0 Å². The average molecular weight is 1230 g/mol. The third-order valence-corrected chi connectivity index (χ3v) is 12.8. The Morgan fingerprint density at radius 2 is 0.553 bits per heavy atom. The number of hydrogen-bond donors (Lipinski definition) is 0. The standard InChI is InChI=1S/C60H72N8O16.Zn/c1-69-17-21-73-25-29-77-33-37-81-45-13-5-9-41-49(45)57-61-53(41)66-58-51-43(11-7-15-47(51)83-39-35-79-31-27-75-23-19-71-3)55(63-58)68-60-52-44(12-8-16-48(52)84-40-36-80-32-28-76-24-20-72-4)56(64-60)67-59-50-42(54(62-59)65-57)10-6-14-46(50)82-38-34-78-30-26-74-22-18-70-2;/h5-16H,17-40H2,1-4H3;/q-2;+2. The summed E-state index contributed by atoms with van der Waals surface area (Å²) in [6.07, 6.45) is 0. The van der Waals surface area contributed by atoms with Crippen LogP contribution in [-0.4, -0.2) is 217 Å². The van der Waals surface area contributed by atoms with Gasteiger partial charge in [0.1, 0.15) is 49.4 Å². The minimum atomic E-state index is 0. The molecule has 0 aliphatic carbocycles. The number of rotatable bonds is 40. The molecule has 7 aromatic rings. The molecular weight excluding hydrogens is 1150 g/mol. The van der Waals surface area contributed by atoms with Crippen LogP contribution in [0.15, 0.2) is 72.8 Å². The Kier molecular flexibility index (Phi) is 26.8. The topological polar surface area (TPSA) is 253 Å². The maximum atomic E-state index is 6.47. The molecule has 24 nitrogen and oxygen atoms in total. The zero-order chi connectivity index (χ0) is 58.0. The van der Waals surface area contributed by atoms with Crippen LogP contribution in [0.2, 0.25) is 0 Å². The molecule has 2 aliphatic rings. The number of ether oxygens (including phenoxy) is 16. The van der Waals surface area contributed by atoms with Gasteiger partial charge in [-0.25, -0.2) is 9.97 Å². The fourth-order valence-electron chi connectivity index (χ4n) is 8.90. The molecule has 0 radical (unpaired) electrons. The van der Waals surface area contributed by atoms with Crippen LogP contribution in [-0.2, 0) is 76.3 Å². The van der Waals surface area contributed by atoms with Crippen LogP contribution in [0.25, 0.3) is 89.7 Å². The minimum Gasteiger partial charge on any atom is -0.491 e. The third-order valence-electron chi connectivity index (χ3n) is 12.8. The van der Waals surface area contributed by atoms with E-state index in [0.29, 0.717) is 245 Å². The van der Waals surface area contributed by atoms with Crippen LogP contribution in [0.1, 0.15) is 0 Å². The Morgan fingerprint density at radius 3 is 0.882 bits per heavy atom. The van der Waals surface area contributed by atoms with E-state index in [4.69, 9.17) is 116 Å². The van der Waals surface area contributed by atoms with E-state index in [1.54, 1.807) is 28.4 Å². The van der Waals surface area contributed by atoms with E-state index < -0.39 is 0 Å². The molecule has 0 fully saturated rings. The number of hydrogen-bond acceptors (Lipinski definition) is 22. The van der Waals surface area contributed by atoms with E-state index in [1.807, 2.05) is 72.8 Å². The monoisotopic (exact) mass is 1220 g/mol. The van der Waals surface area contributed by atoms with E-state index in [2.05, 4.69) is 0 Å². The van der Waals surface area contributed by atoms with Crippen molar-refractivity contribution >= 4 is 44.1 Å². The van der Waals surface area contributed by atoms with Crippen LogP contribution in [0, 0.1) is 0 Å². The van der Waals surface area contributed by atoms with Gasteiger partial charge >= 0.3 is 19.5 Å². The molecular formula is C60H72N8O16Zn. The summed E-state index contributed by atoms with van der Waals surface area (Å²) in [7, 11) is 6.53. The Morgan fingerprint density at radius 1 is 0.282 bits per heavy atom. The second-order valence-corrected chi connectivity index (χ2v) is 18.5. The van der Waals surface area contributed by atoms with E-state index in [9.17, 15) is 0 Å². The van der Waals surface area contributed by atoms with Gasteiger partial charge < -0.3 is 106 Å². The van der Waals surface area contributed by atoms with E-state index in [0.717, 1.165) is 0 Å². The summed E-state index contributed by atoms with van der Waals surface area (Å²) in [5.74, 6) is 3.24. The maximum Gasteiger partial charge on any atom is 2.00 e. The third kappa shape index (κ3) is 17.8. The summed E-state index contributed by atoms with van der Waals surface area (Å²) in [4.78, 5) is 41.6. The number of fused-ring (bicyclic) bond motifs is 20. The van der Waals surface area contributed by atoms with Gasteiger partial charge in [-0.05, 0) is 35.0 Å². The first-order chi connectivity index (χ1) is 41.6. The number of aromatic nitrogens is 8. The fourth-order valence-corrected chi connectivity index (χ4v) is 8.90. The molecule has 2 aliphatic heterocycles. The van der Waals surface area contributed by atoms with Crippen LogP contribution in [0.4, 0.5) is 0 Å². The normalized spacial score (nSPS) is 11.7. The SMILES string of the molecule is COCCOCCOCCOc1cccc2c1-c1nc-2nc2[n-]c(nc3nc(nc4[n-]c(n1)c1cccc(OCCOCCOCCOC)c41)-c1cccc(OCCOCCOCCOC)c1-3)c1cccc(OCCOCCOCCOC)c21.[Zn+2]. The predicted molar refractivity (Wildman–Crippen MR) is 310 cm³/mol. The quantitative estimate of drug-likeness (QED) is 0.0299. The number of methoxy groups -OCH3 is 4. The zero-order valence-corrected chi connectivity index (χ0v) is 51.7. The molecule has 9 rings (SSSR count). The van der Waals surface area contributed by atoms with Gasteiger partial charge in [0.15, 0.2) is 0 Å². The molecule has 85 heavy (non-hydrogen) atoms. The molecule has 0 amide bonds. The molecule has 450 valence electrons. The number of nitrogens with zero attached hydrogens (tertiary/aromatic N) is 8. The van der Waals surface area contributed by atoms with Gasteiger partial charge in [-0.1, -0.05) is 48.5 Å². The van der Waals surface area contributed by atoms with Gasteiger partial charge in [-0.15, -0.1) is 0 Å². The Labute approximate surface area is 505 Å². The van der Waals surface area contributed by atoms with Crippen molar-refractivity contribution in [3.05, 3.63) is 72.8 Å². The molecule has 8 bridgehead atoms. The van der Waals surface area contributed by atoms with Crippen molar-refractivity contribution in [3.8, 4) is 68.5 Å². The summed E-state index contributed by atoms with van der Waals surface area (Å²) >= 11 is 0. The Bertz CT molecular complexity index is 3130. The van der Waals surface area contributed by atoms with Crippen molar-refractivity contribution in [1.29, 1.82) is 0 Å². The van der Waals surface area contributed by atoms with E-state index >= 15 is 0 Å². The zero-order valence-electron chi connectivity index (χ0n) is 48.7. The van der Waals surface area contributed by atoms with Gasteiger partial charge in [0.25, 0.3) is 0 Å². The molecule has 0 spiro atoms. The second-order valence-electron chi connectivity index (χ2n) is 18.5. The van der Waals surface area contributed by atoms with Gasteiger partial charge in [0.2, 0.25) is 0 Å². The van der Waals surface area contributed by atoms with Crippen molar-refractivity contribution in [1.82, 2.24) is 39.9 Å². The summed E-state index contributed by atoms with van der Waals surface area (Å²) in [5, 5.41) is 2.47. The molecule has 5 heterocycles. The van der Waals surface area contributed by atoms with Gasteiger partial charge in [0.05, 0.1) is 167 Å². The van der Waals surface area contributed by atoms with Crippen molar-refractivity contribution in [2.24, 2.45) is 0 Å². The van der Waals surface area contributed by atoms with Crippen LogP contribution in [0.3, 0.4) is 0 Å². The number of benzene rings is 4. The smallest absolute Gasteiger partial charge is 0.491 e. The van der Waals surface area contributed by atoms with Gasteiger partial charge in [0, 0.05) is 72.9 Å². The molecule has 0 atom stereocenters. The summed E-state index contributed by atoms with van der Waals surface area (Å²) in [6.45, 7) is 9.22. The second kappa shape index (κ2) is 35.3. The van der Waals surface area contributed by atoms with Crippen molar-refractivity contribution < 1.29 is 95.3 Å². The Balaban J connectivity index is 0.00000940. The summed E-state index contributed by atoms with van der Waals surface area (Å²) in [5.41, 5.74) is 3.69. The first kappa shape index (κ1) is 64.6. The largest absolute Gasteiger partial charge is 2.00 e. The molecule has 0 unspecified atom stereocenters. The summed E-state index contributed by atoms with van der Waals surface area (Å²) in [6, 6.07) is 22.7. The van der Waals surface area contributed by atoms with Crippen LogP contribution < -0.4 is 28.9 Å². The fraction of sp³-hybridized carbons (Fsp3) is 0.467. The van der Waals surface area contributed by atoms with Crippen molar-refractivity contribution in [3.63, 3.8) is 0 Å². The van der Waals surface area contributed by atoms with Gasteiger partial charge in [-0.3, -0.25) is 0 Å². The first-order valence-electron chi connectivity index (χ1n) is 27.9. The molecule has 25 heteroatoms. The van der Waals surface area contributed by atoms with Crippen LogP contribution >= 0.6 is 0 Å². The maximum absolute atomic E-state index is 6.47. The average Bonchev–Trinajstić information content (AvgIpc) is 3.39. The molecule has 0 saturated heterocycles. The Hall–Kier alpha value is -6.42. The van der Waals surface area contributed by atoms with Gasteiger partial charge in [-0.2, -0.15) is 0 Å². The molecule has 3 aromatic heterocycles. The van der Waals surface area contributed by atoms with E-state index in [-0.39, 0.29) is 45.9 Å². The summed E-state index contributed by atoms with van der Waals surface area (Å²) < 4.78 is 91.9. The van der Waals surface area contributed by atoms with E-state index in [1.165, 1.54) is 0 Å². The molecule has 4 aromatic carbocycles. The van der Waals surface area contributed by atoms with Crippen molar-refractivity contribution in [2.75, 3.05) is 187 Å². The minimum absolute atomic E-state index is 0.